The SMILES string of the molecule is COc1ccc(OC)c([C@@H]2CCCN2C(=S)Nc2ccc(OC(F)F)cc2)c1. The highest BCUT2D eigenvalue weighted by molar-refractivity contribution is 7.80. The zero-order chi connectivity index (χ0) is 20.1. The summed E-state index contributed by atoms with van der Waals surface area (Å²) in [5.41, 5.74) is 1.72. The van der Waals surface area contributed by atoms with E-state index in [0.29, 0.717) is 10.8 Å². The number of halogens is 2. The van der Waals surface area contributed by atoms with Gasteiger partial charge in [-0.1, -0.05) is 0 Å². The van der Waals surface area contributed by atoms with Crippen LogP contribution in [0, 0.1) is 0 Å². The maximum absolute atomic E-state index is 12.3. The lowest BCUT2D eigenvalue weighted by Crippen LogP contribution is -2.34. The van der Waals surface area contributed by atoms with Crippen molar-refractivity contribution >= 4 is 23.0 Å². The van der Waals surface area contributed by atoms with E-state index in [1.165, 1.54) is 12.1 Å². The summed E-state index contributed by atoms with van der Waals surface area (Å²) in [7, 11) is 3.27. The number of ether oxygens (including phenoxy) is 3. The van der Waals surface area contributed by atoms with Crippen LogP contribution in [0.4, 0.5) is 14.5 Å². The third kappa shape index (κ3) is 4.62. The first-order valence-corrected chi connectivity index (χ1v) is 9.27. The van der Waals surface area contributed by atoms with Gasteiger partial charge in [0.25, 0.3) is 0 Å². The molecule has 0 aromatic heterocycles. The minimum Gasteiger partial charge on any atom is -0.497 e. The Kier molecular flexibility index (Phi) is 6.51. The number of hydrogen-bond donors (Lipinski definition) is 1. The standard InChI is InChI=1S/C20H22F2N2O3S/c1-25-15-9-10-18(26-2)16(12-15)17-4-3-11-24(17)20(28)23-13-5-7-14(8-6-13)27-19(21)22/h5-10,12,17,19H,3-4,11H2,1-2H3,(H,23,28)/t17-/m0/s1. The molecule has 0 bridgehead atoms. The Balaban J connectivity index is 1.75. The van der Waals surface area contributed by atoms with Crippen LogP contribution >= 0.6 is 12.2 Å². The van der Waals surface area contributed by atoms with Crippen molar-refractivity contribution in [3.05, 3.63) is 48.0 Å². The van der Waals surface area contributed by atoms with E-state index in [2.05, 4.69) is 15.0 Å². The van der Waals surface area contributed by atoms with Crippen LogP contribution in [0.15, 0.2) is 42.5 Å². The number of thiocarbonyl (C=S) groups is 1. The average Bonchev–Trinajstić information content (AvgIpc) is 3.18. The fraction of sp³-hybridized carbons (Fsp3) is 0.350. The van der Waals surface area contributed by atoms with Crippen molar-refractivity contribution in [3.8, 4) is 17.2 Å². The molecule has 150 valence electrons. The Morgan fingerprint density at radius 3 is 2.46 bits per heavy atom. The van der Waals surface area contributed by atoms with Gasteiger partial charge in [-0.05, 0) is 67.5 Å². The number of rotatable bonds is 6. The highest BCUT2D eigenvalue weighted by Crippen LogP contribution is 2.39. The van der Waals surface area contributed by atoms with Crippen LogP contribution in [0.2, 0.25) is 0 Å². The van der Waals surface area contributed by atoms with E-state index in [0.717, 1.165) is 36.4 Å². The second-order valence-electron chi connectivity index (χ2n) is 6.29. The van der Waals surface area contributed by atoms with Crippen molar-refractivity contribution in [1.82, 2.24) is 4.90 Å². The summed E-state index contributed by atoms with van der Waals surface area (Å²) in [6.07, 6.45) is 1.93. The third-order valence-electron chi connectivity index (χ3n) is 4.64. The van der Waals surface area contributed by atoms with Crippen LogP contribution in [-0.2, 0) is 0 Å². The molecule has 1 N–H and O–H groups in total. The smallest absolute Gasteiger partial charge is 0.387 e. The molecule has 2 aromatic rings. The van der Waals surface area contributed by atoms with Gasteiger partial charge in [0.1, 0.15) is 17.2 Å². The summed E-state index contributed by atoms with van der Waals surface area (Å²) in [6, 6.07) is 12.0. The summed E-state index contributed by atoms with van der Waals surface area (Å²) in [5, 5.41) is 3.74. The van der Waals surface area contributed by atoms with Gasteiger partial charge in [0.05, 0.1) is 20.3 Å². The monoisotopic (exact) mass is 408 g/mol. The lowest BCUT2D eigenvalue weighted by Gasteiger charge is -2.29. The molecule has 2 aromatic carbocycles. The number of nitrogens with one attached hydrogen (secondary N) is 1. The van der Waals surface area contributed by atoms with Crippen molar-refractivity contribution in [2.24, 2.45) is 0 Å². The first-order valence-electron chi connectivity index (χ1n) is 8.86. The highest BCUT2D eigenvalue weighted by atomic mass is 32.1. The molecule has 0 aliphatic carbocycles. The Hall–Kier alpha value is -2.61. The molecule has 8 heteroatoms. The van der Waals surface area contributed by atoms with Crippen molar-refractivity contribution in [3.63, 3.8) is 0 Å². The van der Waals surface area contributed by atoms with Gasteiger partial charge in [-0.15, -0.1) is 0 Å². The van der Waals surface area contributed by atoms with Crippen molar-refractivity contribution in [2.45, 2.75) is 25.5 Å². The normalized spacial score (nSPS) is 16.2. The Morgan fingerprint density at radius 1 is 1.11 bits per heavy atom. The summed E-state index contributed by atoms with van der Waals surface area (Å²) < 4.78 is 39.8. The van der Waals surface area contributed by atoms with E-state index in [-0.39, 0.29) is 11.8 Å². The van der Waals surface area contributed by atoms with Gasteiger partial charge in [-0.25, -0.2) is 0 Å². The Morgan fingerprint density at radius 2 is 1.82 bits per heavy atom. The summed E-state index contributed by atoms with van der Waals surface area (Å²) in [6.45, 7) is -2.04. The molecule has 28 heavy (non-hydrogen) atoms. The molecule has 1 fully saturated rings. The van der Waals surface area contributed by atoms with Gasteiger partial charge in [0.2, 0.25) is 0 Å². The fourth-order valence-electron chi connectivity index (χ4n) is 3.35. The zero-order valence-corrected chi connectivity index (χ0v) is 16.5. The van der Waals surface area contributed by atoms with Gasteiger partial charge in [0.15, 0.2) is 5.11 Å². The molecule has 0 unspecified atom stereocenters. The van der Waals surface area contributed by atoms with E-state index in [1.807, 2.05) is 18.2 Å². The molecule has 1 heterocycles. The molecule has 1 saturated heterocycles. The van der Waals surface area contributed by atoms with Crippen LogP contribution in [-0.4, -0.2) is 37.4 Å². The van der Waals surface area contributed by atoms with E-state index in [1.54, 1.807) is 26.4 Å². The van der Waals surface area contributed by atoms with E-state index in [9.17, 15) is 8.78 Å². The summed E-state index contributed by atoms with van der Waals surface area (Å²) in [4.78, 5) is 2.11. The molecule has 0 amide bonds. The quantitative estimate of drug-likeness (QED) is 0.690. The van der Waals surface area contributed by atoms with Crippen LogP contribution in [0.1, 0.15) is 24.4 Å². The molecule has 0 saturated carbocycles. The maximum Gasteiger partial charge on any atom is 0.387 e. The molecule has 3 rings (SSSR count). The predicted octanol–water partition coefficient (Wildman–Crippen LogP) is 4.84. The fourth-order valence-corrected chi connectivity index (χ4v) is 3.68. The predicted molar refractivity (Wildman–Crippen MR) is 108 cm³/mol. The van der Waals surface area contributed by atoms with Gasteiger partial charge in [-0.3, -0.25) is 0 Å². The second-order valence-corrected chi connectivity index (χ2v) is 6.68. The molecule has 5 nitrogen and oxygen atoms in total. The molecular weight excluding hydrogens is 386 g/mol. The van der Waals surface area contributed by atoms with Crippen LogP contribution in [0.5, 0.6) is 17.2 Å². The first-order chi connectivity index (χ1) is 13.5. The summed E-state index contributed by atoms with van der Waals surface area (Å²) in [5.74, 6) is 1.65. The zero-order valence-electron chi connectivity index (χ0n) is 15.7. The number of anilines is 1. The molecule has 1 atom stereocenters. The molecule has 1 aliphatic heterocycles. The van der Waals surface area contributed by atoms with Gasteiger partial charge in [0, 0.05) is 17.8 Å². The lowest BCUT2D eigenvalue weighted by atomic mass is 10.0. The molecule has 0 radical (unpaired) electrons. The number of nitrogens with zero attached hydrogens (tertiary/aromatic N) is 1. The average molecular weight is 408 g/mol. The van der Waals surface area contributed by atoms with E-state index < -0.39 is 6.61 Å². The number of methoxy groups -OCH3 is 2. The largest absolute Gasteiger partial charge is 0.497 e. The Bertz CT molecular complexity index is 818. The minimum atomic E-state index is -2.84. The van der Waals surface area contributed by atoms with Gasteiger partial charge in [-0.2, -0.15) is 8.78 Å². The third-order valence-corrected chi connectivity index (χ3v) is 4.98. The lowest BCUT2D eigenvalue weighted by molar-refractivity contribution is -0.0498. The van der Waals surface area contributed by atoms with Crippen molar-refractivity contribution in [2.75, 3.05) is 26.1 Å². The molecule has 0 spiro atoms. The topological polar surface area (TPSA) is 43.0 Å². The number of alkyl halides is 2. The summed E-state index contributed by atoms with van der Waals surface area (Å²) >= 11 is 5.61. The van der Waals surface area contributed by atoms with Crippen LogP contribution < -0.4 is 19.5 Å². The first kappa shape index (κ1) is 20.1. The molecule has 1 aliphatic rings. The minimum absolute atomic E-state index is 0.0616. The van der Waals surface area contributed by atoms with Crippen molar-refractivity contribution < 1.29 is 23.0 Å². The van der Waals surface area contributed by atoms with Crippen LogP contribution in [0.3, 0.4) is 0 Å². The van der Waals surface area contributed by atoms with E-state index in [4.69, 9.17) is 21.7 Å². The second kappa shape index (κ2) is 9.05. The van der Waals surface area contributed by atoms with Gasteiger partial charge >= 0.3 is 6.61 Å². The number of hydrogen-bond acceptors (Lipinski definition) is 4. The highest BCUT2D eigenvalue weighted by Gasteiger charge is 2.30. The maximum atomic E-state index is 12.3. The number of likely N-dealkylation sites (tertiary alicyclic amines) is 1. The van der Waals surface area contributed by atoms with Gasteiger partial charge < -0.3 is 24.4 Å². The van der Waals surface area contributed by atoms with E-state index >= 15 is 0 Å². The number of benzene rings is 2. The Labute approximate surface area is 168 Å². The van der Waals surface area contributed by atoms with Crippen molar-refractivity contribution in [1.29, 1.82) is 0 Å². The molecular formula is C20H22F2N2O3S. The van der Waals surface area contributed by atoms with Crippen LogP contribution in [0.25, 0.3) is 0 Å².